The Bertz CT molecular complexity index is 492. The normalized spacial score (nSPS) is 21.3. The topological polar surface area (TPSA) is 44.8 Å². The highest BCUT2D eigenvalue weighted by molar-refractivity contribution is 5.89. The Morgan fingerprint density at radius 2 is 1.70 bits per heavy atom. The number of likely N-dealkylation sites (tertiary alicyclic amines) is 2. The second kappa shape index (κ2) is 7.79. The highest BCUT2D eigenvalue weighted by atomic mass is 16.5. The van der Waals surface area contributed by atoms with Crippen LogP contribution >= 0.6 is 0 Å². The van der Waals surface area contributed by atoms with Crippen molar-refractivity contribution in [1.82, 2.24) is 9.80 Å². The molecule has 0 atom stereocenters. The second-order valence-corrected chi connectivity index (χ2v) is 6.49. The molecule has 1 N–H and O–H groups in total. The third-order valence-corrected chi connectivity index (χ3v) is 5.10. The van der Waals surface area contributed by atoms with Crippen molar-refractivity contribution in [2.45, 2.75) is 37.8 Å². The van der Waals surface area contributed by atoms with Crippen LogP contribution in [-0.2, 0) is 4.74 Å². The molecule has 0 unspecified atom stereocenters. The van der Waals surface area contributed by atoms with E-state index in [0.717, 1.165) is 57.5 Å². The Morgan fingerprint density at radius 1 is 1.04 bits per heavy atom. The fourth-order valence-corrected chi connectivity index (χ4v) is 3.63. The Kier molecular flexibility index (Phi) is 5.51. The van der Waals surface area contributed by atoms with E-state index >= 15 is 0 Å². The number of carbonyl (C=O) groups is 1. The fourth-order valence-electron chi connectivity index (χ4n) is 3.63. The maximum atomic E-state index is 12.3. The number of anilines is 1. The van der Waals surface area contributed by atoms with E-state index < -0.39 is 0 Å². The van der Waals surface area contributed by atoms with Crippen LogP contribution in [0.15, 0.2) is 30.3 Å². The van der Waals surface area contributed by atoms with Crippen LogP contribution in [0.25, 0.3) is 0 Å². The van der Waals surface area contributed by atoms with E-state index in [9.17, 15) is 4.79 Å². The molecule has 2 aliphatic rings. The van der Waals surface area contributed by atoms with E-state index in [-0.39, 0.29) is 6.03 Å². The molecule has 2 heterocycles. The van der Waals surface area contributed by atoms with Gasteiger partial charge in [0.25, 0.3) is 0 Å². The van der Waals surface area contributed by atoms with Crippen molar-refractivity contribution in [2.24, 2.45) is 0 Å². The first-order valence-electron chi connectivity index (χ1n) is 8.64. The number of benzene rings is 1. The van der Waals surface area contributed by atoms with Crippen LogP contribution in [0.1, 0.15) is 25.7 Å². The van der Waals surface area contributed by atoms with Crippen molar-refractivity contribution >= 4 is 11.7 Å². The van der Waals surface area contributed by atoms with Crippen LogP contribution in [-0.4, -0.2) is 61.3 Å². The van der Waals surface area contributed by atoms with Gasteiger partial charge in [0.2, 0.25) is 0 Å². The number of nitrogens with one attached hydrogen (secondary N) is 1. The van der Waals surface area contributed by atoms with Gasteiger partial charge in [0, 0.05) is 45.0 Å². The molecule has 2 amide bonds. The van der Waals surface area contributed by atoms with Crippen molar-refractivity contribution in [3.8, 4) is 0 Å². The third kappa shape index (κ3) is 4.24. The van der Waals surface area contributed by atoms with E-state index in [2.05, 4.69) is 10.2 Å². The number of amides is 2. The molecule has 23 heavy (non-hydrogen) atoms. The minimum Gasteiger partial charge on any atom is -0.381 e. The number of ether oxygens (including phenoxy) is 1. The summed E-state index contributed by atoms with van der Waals surface area (Å²) < 4.78 is 5.44. The van der Waals surface area contributed by atoms with Gasteiger partial charge in [-0.2, -0.15) is 0 Å². The van der Waals surface area contributed by atoms with Crippen LogP contribution in [0.3, 0.4) is 0 Å². The maximum Gasteiger partial charge on any atom is 0.321 e. The first-order valence-corrected chi connectivity index (χ1v) is 8.64. The van der Waals surface area contributed by atoms with E-state index in [4.69, 9.17) is 4.74 Å². The molecule has 0 spiro atoms. The van der Waals surface area contributed by atoms with Gasteiger partial charge in [-0.15, -0.1) is 0 Å². The summed E-state index contributed by atoms with van der Waals surface area (Å²) in [6.45, 7) is 3.93. The summed E-state index contributed by atoms with van der Waals surface area (Å²) in [6.07, 6.45) is 4.83. The predicted octanol–water partition coefficient (Wildman–Crippen LogP) is 2.79. The number of hydrogen-bond donors (Lipinski definition) is 1. The molecule has 3 rings (SSSR count). The monoisotopic (exact) mass is 317 g/mol. The minimum absolute atomic E-state index is 0.0211. The molecule has 5 nitrogen and oxygen atoms in total. The summed E-state index contributed by atoms with van der Waals surface area (Å²) in [5.41, 5.74) is 0.862. The summed E-state index contributed by atoms with van der Waals surface area (Å²) in [5, 5.41) is 2.98. The van der Waals surface area contributed by atoms with Gasteiger partial charge in [0.1, 0.15) is 0 Å². The van der Waals surface area contributed by atoms with Gasteiger partial charge in [-0.3, -0.25) is 0 Å². The Labute approximate surface area is 138 Å². The van der Waals surface area contributed by atoms with Crippen molar-refractivity contribution in [3.05, 3.63) is 30.3 Å². The highest BCUT2D eigenvalue weighted by Crippen LogP contribution is 2.22. The van der Waals surface area contributed by atoms with Crippen molar-refractivity contribution in [2.75, 3.05) is 38.6 Å². The number of hydrogen-bond acceptors (Lipinski definition) is 3. The second-order valence-electron chi connectivity index (χ2n) is 6.49. The summed E-state index contributed by atoms with van der Waals surface area (Å²) in [6, 6.07) is 10.3. The largest absolute Gasteiger partial charge is 0.381 e. The Morgan fingerprint density at radius 3 is 2.30 bits per heavy atom. The molecule has 0 aromatic heterocycles. The lowest BCUT2D eigenvalue weighted by Gasteiger charge is -2.41. The van der Waals surface area contributed by atoms with Crippen molar-refractivity contribution < 1.29 is 9.53 Å². The number of piperidine rings is 2. The molecule has 5 heteroatoms. The zero-order chi connectivity index (χ0) is 16.1. The van der Waals surface area contributed by atoms with Gasteiger partial charge < -0.3 is 19.9 Å². The average Bonchev–Trinajstić information content (AvgIpc) is 2.63. The molecule has 126 valence electrons. The maximum absolute atomic E-state index is 12.3. The number of rotatable bonds is 3. The number of para-hydroxylation sites is 1. The molecule has 2 saturated heterocycles. The average molecular weight is 317 g/mol. The lowest BCUT2D eigenvalue weighted by atomic mass is 9.99. The molecule has 2 aliphatic heterocycles. The number of carbonyl (C=O) groups excluding carboxylic acids is 1. The quantitative estimate of drug-likeness (QED) is 0.932. The van der Waals surface area contributed by atoms with Gasteiger partial charge in [-0.25, -0.2) is 4.79 Å². The zero-order valence-electron chi connectivity index (χ0n) is 13.9. The van der Waals surface area contributed by atoms with Gasteiger partial charge in [0.15, 0.2) is 0 Å². The van der Waals surface area contributed by atoms with E-state index in [0.29, 0.717) is 12.1 Å². The summed E-state index contributed by atoms with van der Waals surface area (Å²) >= 11 is 0. The lowest BCUT2D eigenvalue weighted by molar-refractivity contribution is 0.0173. The molecule has 0 saturated carbocycles. The Hall–Kier alpha value is -1.59. The van der Waals surface area contributed by atoms with Crippen LogP contribution in [0.2, 0.25) is 0 Å². The van der Waals surface area contributed by atoms with Gasteiger partial charge in [0.05, 0.1) is 6.10 Å². The summed E-state index contributed by atoms with van der Waals surface area (Å²) in [4.78, 5) is 16.8. The molecular weight excluding hydrogens is 290 g/mol. The molecule has 0 aliphatic carbocycles. The predicted molar refractivity (Wildman–Crippen MR) is 91.7 cm³/mol. The highest BCUT2D eigenvalue weighted by Gasteiger charge is 2.29. The lowest BCUT2D eigenvalue weighted by Crippen LogP contribution is -2.50. The zero-order valence-corrected chi connectivity index (χ0v) is 13.9. The summed E-state index contributed by atoms with van der Waals surface area (Å²) in [5.74, 6) is 0. The molecule has 2 fully saturated rings. The van der Waals surface area contributed by atoms with Gasteiger partial charge >= 0.3 is 6.03 Å². The minimum atomic E-state index is 0.0211. The van der Waals surface area contributed by atoms with E-state index in [1.54, 1.807) is 0 Å². The molecular formula is C18H27N3O2. The van der Waals surface area contributed by atoms with Crippen molar-refractivity contribution in [3.63, 3.8) is 0 Å². The molecule has 0 radical (unpaired) electrons. The van der Waals surface area contributed by atoms with Crippen LogP contribution < -0.4 is 5.32 Å². The van der Waals surface area contributed by atoms with E-state index in [1.807, 2.05) is 42.3 Å². The SMILES string of the molecule is COC1CCN(C2CCN(C(=O)Nc3ccccc3)CC2)CC1. The van der Waals surface area contributed by atoms with Crippen LogP contribution in [0, 0.1) is 0 Å². The standard InChI is InChI=1S/C18H27N3O2/c1-23-17-9-13-20(14-10-17)16-7-11-21(12-8-16)18(22)19-15-5-3-2-4-6-15/h2-6,16-17H,7-14H2,1H3,(H,19,22). The first-order chi connectivity index (χ1) is 11.3. The Balaban J connectivity index is 1.44. The third-order valence-electron chi connectivity index (χ3n) is 5.10. The van der Waals surface area contributed by atoms with Crippen molar-refractivity contribution in [1.29, 1.82) is 0 Å². The van der Waals surface area contributed by atoms with E-state index in [1.165, 1.54) is 0 Å². The van der Waals surface area contributed by atoms with Crippen LogP contribution in [0.4, 0.5) is 10.5 Å². The number of methoxy groups -OCH3 is 1. The van der Waals surface area contributed by atoms with Gasteiger partial charge in [-0.05, 0) is 37.8 Å². The van der Waals surface area contributed by atoms with Gasteiger partial charge in [-0.1, -0.05) is 18.2 Å². The molecule has 0 bridgehead atoms. The molecule has 1 aromatic carbocycles. The first kappa shape index (κ1) is 16.3. The van der Waals surface area contributed by atoms with Crippen LogP contribution in [0.5, 0.6) is 0 Å². The molecule has 1 aromatic rings. The number of urea groups is 1. The number of nitrogens with zero attached hydrogens (tertiary/aromatic N) is 2. The summed E-state index contributed by atoms with van der Waals surface area (Å²) in [7, 11) is 1.81. The fraction of sp³-hybridized carbons (Fsp3) is 0.611. The smallest absolute Gasteiger partial charge is 0.321 e.